The zero-order chi connectivity index (χ0) is 10.4. The van der Waals surface area contributed by atoms with Crippen LogP contribution in [0.4, 0.5) is 0 Å². The van der Waals surface area contributed by atoms with Crippen molar-refractivity contribution < 1.29 is 24.6 Å². The molecule has 13 heavy (non-hydrogen) atoms. The lowest BCUT2D eigenvalue weighted by Crippen LogP contribution is -2.21. The zero-order valence-electron chi connectivity index (χ0n) is 6.70. The van der Waals surface area contributed by atoms with Gasteiger partial charge in [-0.15, -0.1) is 0 Å². The third-order valence-corrected chi connectivity index (χ3v) is 2.02. The fraction of sp³-hybridized carbons (Fsp3) is 0.571. The molecular weight excluding hydrogens is 244 g/mol. The molecule has 0 fully saturated rings. The molecule has 2 N–H and O–H groups in total. The number of carbonyl (C=O) groups excluding carboxylic acids is 1. The maximum atomic E-state index is 10.8. The van der Waals surface area contributed by atoms with Gasteiger partial charge in [0.2, 0.25) is 0 Å². The highest BCUT2D eigenvalue weighted by atomic mass is 79.9. The van der Waals surface area contributed by atoms with Crippen molar-refractivity contribution in [2.75, 3.05) is 5.33 Å². The molecule has 0 heterocycles. The second-order valence-corrected chi connectivity index (χ2v) is 3.07. The summed E-state index contributed by atoms with van der Waals surface area (Å²) >= 11 is 2.87. The Labute approximate surface area is 82.9 Å². The molecule has 74 valence electrons. The summed E-state index contributed by atoms with van der Waals surface area (Å²) in [7, 11) is 0. The van der Waals surface area contributed by atoms with E-state index in [9.17, 15) is 14.4 Å². The van der Waals surface area contributed by atoms with E-state index in [0.717, 1.165) is 0 Å². The van der Waals surface area contributed by atoms with Crippen molar-refractivity contribution in [2.45, 2.75) is 12.8 Å². The van der Waals surface area contributed by atoms with E-state index in [4.69, 9.17) is 10.2 Å². The molecular formula is C7H9BrO5. The SMILES string of the molecule is O=C(O)CC(CC(=O)CBr)C(=O)O. The maximum absolute atomic E-state index is 10.8. The van der Waals surface area contributed by atoms with Crippen molar-refractivity contribution in [3.63, 3.8) is 0 Å². The van der Waals surface area contributed by atoms with Crippen LogP contribution >= 0.6 is 15.9 Å². The first-order valence-corrected chi connectivity index (χ1v) is 4.61. The van der Waals surface area contributed by atoms with Crippen molar-refractivity contribution in [3.8, 4) is 0 Å². The molecule has 0 saturated carbocycles. The van der Waals surface area contributed by atoms with Crippen LogP contribution in [0, 0.1) is 5.92 Å². The quantitative estimate of drug-likeness (QED) is 0.673. The maximum Gasteiger partial charge on any atom is 0.307 e. The number of ketones is 1. The highest BCUT2D eigenvalue weighted by molar-refractivity contribution is 9.09. The Balaban J connectivity index is 4.18. The Kier molecular flexibility index (Phi) is 5.29. The molecule has 0 aromatic rings. The Morgan fingerprint density at radius 2 is 1.69 bits per heavy atom. The van der Waals surface area contributed by atoms with Crippen molar-refractivity contribution >= 4 is 33.7 Å². The fourth-order valence-electron chi connectivity index (χ4n) is 0.787. The topological polar surface area (TPSA) is 91.7 Å². The number of carbonyl (C=O) groups is 3. The Bertz CT molecular complexity index is 225. The summed E-state index contributed by atoms with van der Waals surface area (Å²) in [5, 5.41) is 16.9. The number of Topliss-reactive ketones (excluding diaryl/α,β-unsaturated/α-hetero) is 1. The van der Waals surface area contributed by atoms with Crippen molar-refractivity contribution in [1.82, 2.24) is 0 Å². The minimum absolute atomic E-state index is 0.0520. The van der Waals surface area contributed by atoms with Crippen LogP contribution in [0.15, 0.2) is 0 Å². The largest absolute Gasteiger partial charge is 0.481 e. The summed E-state index contributed by atoms with van der Waals surface area (Å²) in [6.45, 7) is 0. The molecule has 0 spiro atoms. The number of aliphatic carboxylic acids is 2. The number of hydrogen-bond acceptors (Lipinski definition) is 3. The molecule has 0 aromatic heterocycles. The summed E-state index contributed by atoms with van der Waals surface area (Å²) < 4.78 is 0. The molecule has 0 aromatic carbocycles. The molecule has 0 amide bonds. The van der Waals surface area contributed by atoms with Crippen molar-refractivity contribution in [1.29, 1.82) is 0 Å². The molecule has 0 saturated heterocycles. The van der Waals surface area contributed by atoms with Crippen molar-refractivity contribution in [3.05, 3.63) is 0 Å². The second-order valence-electron chi connectivity index (χ2n) is 2.51. The first kappa shape index (κ1) is 12.1. The third kappa shape index (κ3) is 5.35. The average molecular weight is 253 g/mol. The van der Waals surface area contributed by atoms with E-state index in [2.05, 4.69) is 15.9 Å². The van der Waals surface area contributed by atoms with Gasteiger partial charge in [0, 0.05) is 6.42 Å². The van der Waals surface area contributed by atoms with E-state index in [-0.39, 0.29) is 17.5 Å². The van der Waals surface area contributed by atoms with Crippen LogP contribution in [-0.4, -0.2) is 33.3 Å². The minimum atomic E-state index is -1.25. The van der Waals surface area contributed by atoms with Crippen LogP contribution in [0.2, 0.25) is 0 Å². The molecule has 1 atom stereocenters. The van der Waals surface area contributed by atoms with Gasteiger partial charge in [0.05, 0.1) is 17.7 Å². The molecule has 5 nitrogen and oxygen atoms in total. The monoisotopic (exact) mass is 252 g/mol. The number of carboxylic acid groups (broad SMARTS) is 2. The lowest BCUT2D eigenvalue weighted by Gasteiger charge is -2.06. The number of halogens is 1. The second kappa shape index (κ2) is 5.69. The number of carboxylic acids is 2. The molecule has 6 heteroatoms. The van der Waals surface area contributed by atoms with Crippen LogP contribution in [-0.2, 0) is 14.4 Å². The number of hydrogen-bond donors (Lipinski definition) is 2. The first-order chi connectivity index (χ1) is 5.97. The zero-order valence-corrected chi connectivity index (χ0v) is 8.28. The molecule has 0 bridgehead atoms. The molecule has 1 unspecified atom stereocenters. The van der Waals surface area contributed by atoms with Crippen LogP contribution in [0.1, 0.15) is 12.8 Å². The van der Waals surface area contributed by atoms with Gasteiger partial charge in [-0.2, -0.15) is 0 Å². The van der Waals surface area contributed by atoms with Gasteiger partial charge in [-0.1, -0.05) is 15.9 Å². The number of rotatable bonds is 6. The van der Waals surface area contributed by atoms with Crippen LogP contribution in [0.25, 0.3) is 0 Å². The highest BCUT2D eigenvalue weighted by Gasteiger charge is 2.23. The van der Waals surface area contributed by atoms with E-state index in [0.29, 0.717) is 0 Å². The summed E-state index contributed by atoms with van der Waals surface area (Å²) in [6.07, 6.45) is -0.763. The number of alkyl halides is 1. The Morgan fingerprint density at radius 1 is 1.15 bits per heavy atom. The predicted molar refractivity (Wildman–Crippen MR) is 46.8 cm³/mol. The molecule has 0 aliphatic heterocycles. The van der Waals surface area contributed by atoms with Gasteiger partial charge < -0.3 is 10.2 Å². The smallest absolute Gasteiger partial charge is 0.307 e. The van der Waals surface area contributed by atoms with E-state index >= 15 is 0 Å². The van der Waals surface area contributed by atoms with Crippen LogP contribution in [0.3, 0.4) is 0 Å². The van der Waals surface area contributed by atoms with Crippen LogP contribution < -0.4 is 0 Å². The van der Waals surface area contributed by atoms with E-state index in [1.165, 1.54) is 0 Å². The summed E-state index contributed by atoms with van der Waals surface area (Å²) in [5.41, 5.74) is 0. The Morgan fingerprint density at radius 3 is 2.00 bits per heavy atom. The van der Waals surface area contributed by atoms with Gasteiger partial charge in [-0.3, -0.25) is 14.4 Å². The summed E-state index contributed by atoms with van der Waals surface area (Å²) in [6, 6.07) is 0. The molecule has 0 aliphatic carbocycles. The van der Waals surface area contributed by atoms with E-state index in [1.807, 2.05) is 0 Å². The fourth-order valence-corrected chi connectivity index (χ4v) is 1.02. The highest BCUT2D eigenvalue weighted by Crippen LogP contribution is 2.10. The van der Waals surface area contributed by atoms with E-state index < -0.39 is 24.3 Å². The summed E-state index contributed by atoms with van der Waals surface area (Å²) in [4.78, 5) is 31.5. The minimum Gasteiger partial charge on any atom is -0.481 e. The van der Waals surface area contributed by atoms with Gasteiger partial charge in [0.25, 0.3) is 0 Å². The molecule has 0 rings (SSSR count). The normalized spacial score (nSPS) is 12.1. The van der Waals surface area contributed by atoms with Gasteiger partial charge in [-0.05, 0) is 0 Å². The summed E-state index contributed by atoms with van der Waals surface area (Å²) in [5.74, 6) is -3.90. The van der Waals surface area contributed by atoms with Gasteiger partial charge >= 0.3 is 11.9 Å². The van der Waals surface area contributed by atoms with Gasteiger partial charge in [-0.25, -0.2) is 0 Å². The predicted octanol–water partition coefficient (Wildman–Crippen LogP) is 0.516. The standard InChI is InChI=1S/C7H9BrO5/c8-3-5(9)1-4(7(12)13)2-6(10)11/h4H,1-3H2,(H,10,11)(H,12,13). The average Bonchev–Trinajstić information content (AvgIpc) is 2.02. The lowest BCUT2D eigenvalue weighted by molar-refractivity contribution is -0.149. The van der Waals surface area contributed by atoms with Crippen molar-refractivity contribution in [2.24, 2.45) is 5.92 Å². The van der Waals surface area contributed by atoms with Crippen LogP contribution in [0.5, 0.6) is 0 Å². The molecule has 0 radical (unpaired) electrons. The lowest BCUT2D eigenvalue weighted by atomic mass is 10.00. The molecule has 0 aliphatic rings. The third-order valence-electron chi connectivity index (χ3n) is 1.39. The first-order valence-electron chi connectivity index (χ1n) is 3.49. The van der Waals surface area contributed by atoms with Gasteiger partial charge in [0.15, 0.2) is 0 Å². The van der Waals surface area contributed by atoms with E-state index in [1.54, 1.807) is 0 Å². The Hall–Kier alpha value is -0.910. The van der Waals surface area contributed by atoms with Gasteiger partial charge in [0.1, 0.15) is 5.78 Å².